The van der Waals surface area contributed by atoms with Gasteiger partial charge in [-0.25, -0.2) is 0 Å². The lowest BCUT2D eigenvalue weighted by atomic mass is 9.81. The Morgan fingerprint density at radius 1 is 0.400 bits per heavy atom. The van der Waals surface area contributed by atoms with Crippen LogP contribution in [0.15, 0.2) is 188 Å². The number of benzene rings is 8. The quantitative estimate of drug-likeness (QED) is 0.174. The van der Waals surface area contributed by atoms with Crippen molar-refractivity contribution < 1.29 is 6.85 Å². The van der Waals surface area contributed by atoms with Gasteiger partial charge in [0, 0.05) is 22.5 Å². The Labute approximate surface area is 301 Å². The van der Waals surface area contributed by atoms with Gasteiger partial charge in [-0.05, 0) is 115 Å². The summed E-state index contributed by atoms with van der Waals surface area (Å²) in [6.45, 7) is 4.64. The van der Waals surface area contributed by atoms with Crippen molar-refractivity contribution in [1.82, 2.24) is 0 Å². The molecular weight excluding hydrogens is 603 g/mol. The van der Waals surface area contributed by atoms with Crippen molar-refractivity contribution in [3.8, 4) is 44.5 Å². The van der Waals surface area contributed by atoms with Crippen LogP contribution in [-0.2, 0) is 5.41 Å². The van der Waals surface area contributed by atoms with Crippen LogP contribution in [0.3, 0.4) is 0 Å². The van der Waals surface area contributed by atoms with E-state index in [4.69, 9.17) is 6.85 Å². The minimum Gasteiger partial charge on any atom is -0.310 e. The fraction of sp³-hybridized carbons (Fsp3) is 0.0612. The first kappa shape index (κ1) is 24.9. The van der Waals surface area contributed by atoms with Crippen LogP contribution in [0.5, 0.6) is 0 Å². The first-order valence-electron chi connectivity index (χ1n) is 19.5. The predicted octanol–water partition coefficient (Wildman–Crippen LogP) is 13.6. The van der Waals surface area contributed by atoms with Gasteiger partial charge in [0.2, 0.25) is 0 Å². The molecule has 0 saturated carbocycles. The fourth-order valence-corrected chi connectivity index (χ4v) is 7.49. The lowest BCUT2D eigenvalue weighted by Crippen LogP contribution is -2.14. The van der Waals surface area contributed by atoms with Crippen LogP contribution < -0.4 is 4.90 Å². The van der Waals surface area contributed by atoms with E-state index in [0.29, 0.717) is 5.56 Å². The molecule has 0 bridgehead atoms. The molecule has 8 aromatic rings. The second kappa shape index (κ2) is 12.1. The molecule has 0 N–H and O–H groups in total. The van der Waals surface area contributed by atoms with Crippen molar-refractivity contribution in [1.29, 1.82) is 0 Å². The highest BCUT2D eigenvalue weighted by Crippen LogP contribution is 2.49. The maximum atomic E-state index is 8.44. The molecule has 0 atom stereocenters. The SMILES string of the molecule is [2H]c1c([2H])c([2H])c(-c2ccc(N(c3ccccc3)c3ccc4cc(-c5ccc(-c6ccc7c(c6)C(C)(C)c6ccccc6-7)cc5)ccc4c3)cc2)c([2H])c1[2H]. The van der Waals surface area contributed by atoms with Gasteiger partial charge in [0.15, 0.2) is 0 Å². The van der Waals surface area contributed by atoms with E-state index in [1.165, 1.54) is 33.4 Å². The molecular formula is C49H37N. The number of nitrogens with zero attached hydrogens (tertiary/aromatic N) is 1. The topological polar surface area (TPSA) is 3.24 Å². The summed E-state index contributed by atoms with van der Waals surface area (Å²) >= 11 is 0. The summed E-state index contributed by atoms with van der Waals surface area (Å²) in [5.74, 6) is 0. The van der Waals surface area contributed by atoms with Crippen molar-refractivity contribution in [3.63, 3.8) is 0 Å². The maximum Gasteiger partial charge on any atom is 0.0629 e. The average Bonchev–Trinajstić information content (AvgIpc) is 3.45. The van der Waals surface area contributed by atoms with Gasteiger partial charge in [-0.3, -0.25) is 0 Å². The van der Waals surface area contributed by atoms with Gasteiger partial charge < -0.3 is 4.90 Å². The molecule has 0 heterocycles. The third kappa shape index (κ3) is 5.19. The fourth-order valence-electron chi connectivity index (χ4n) is 7.49. The second-order valence-corrected chi connectivity index (χ2v) is 13.5. The van der Waals surface area contributed by atoms with Crippen molar-refractivity contribution in [2.45, 2.75) is 19.3 Å². The molecule has 0 aliphatic heterocycles. The number of para-hydroxylation sites is 1. The largest absolute Gasteiger partial charge is 0.310 e. The molecule has 1 aliphatic rings. The van der Waals surface area contributed by atoms with Crippen LogP contribution in [0.2, 0.25) is 0 Å². The molecule has 1 aliphatic carbocycles. The molecule has 0 amide bonds. The Morgan fingerprint density at radius 2 is 0.920 bits per heavy atom. The molecule has 0 aromatic heterocycles. The van der Waals surface area contributed by atoms with E-state index in [1.54, 1.807) is 0 Å². The Balaban J connectivity index is 1.01. The molecule has 50 heavy (non-hydrogen) atoms. The van der Waals surface area contributed by atoms with Gasteiger partial charge in [-0.1, -0.05) is 153 Å². The van der Waals surface area contributed by atoms with E-state index >= 15 is 0 Å². The Morgan fingerprint density at radius 3 is 1.68 bits per heavy atom. The second-order valence-electron chi connectivity index (χ2n) is 13.5. The van der Waals surface area contributed by atoms with Crippen molar-refractivity contribution in [3.05, 3.63) is 199 Å². The number of hydrogen-bond donors (Lipinski definition) is 0. The third-order valence-electron chi connectivity index (χ3n) is 10.1. The van der Waals surface area contributed by atoms with Crippen molar-refractivity contribution >= 4 is 27.8 Å². The molecule has 238 valence electrons. The zero-order valence-electron chi connectivity index (χ0n) is 33.0. The summed E-state index contributed by atoms with van der Waals surface area (Å²) in [4.78, 5) is 2.16. The van der Waals surface area contributed by atoms with Gasteiger partial charge in [-0.15, -0.1) is 0 Å². The predicted molar refractivity (Wildman–Crippen MR) is 213 cm³/mol. The first-order valence-corrected chi connectivity index (χ1v) is 17.0. The van der Waals surface area contributed by atoms with Crippen molar-refractivity contribution in [2.24, 2.45) is 0 Å². The highest BCUT2D eigenvalue weighted by atomic mass is 15.1. The average molecular weight is 645 g/mol. The summed E-state index contributed by atoms with van der Waals surface area (Å²) < 4.78 is 41.1. The van der Waals surface area contributed by atoms with E-state index < -0.39 is 6.04 Å². The van der Waals surface area contributed by atoms with Crippen LogP contribution >= 0.6 is 0 Å². The zero-order valence-corrected chi connectivity index (χ0v) is 28.0. The standard InChI is InChI=1S/C49H37N/c1-49(2)47-16-10-9-15-45(47)46-30-26-41(33-48(46)49)37-19-17-36(18-20-37)38-21-22-40-32-44(29-25-39(40)31-38)50(42-13-7-4-8-14-42)43-27-23-35(24-28-43)34-11-5-3-6-12-34/h3-33H,1-2H3/i3D,5D,6D,11D,12D. The van der Waals surface area contributed by atoms with Crippen LogP contribution in [0.4, 0.5) is 17.1 Å². The summed E-state index contributed by atoms with van der Waals surface area (Å²) in [5, 5.41) is 2.24. The molecule has 0 fully saturated rings. The van der Waals surface area contributed by atoms with E-state index in [2.05, 4.69) is 134 Å². The summed E-state index contributed by atoms with van der Waals surface area (Å²) in [6, 6.07) is 53.7. The molecule has 9 rings (SSSR count). The lowest BCUT2D eigenvalue weighted by Gasteiger charge is -2.26. The Hall–Kier alpha value is -6.18. The van der Waals surface area contributed by atoms with E-state index in [1.807, 2.05) is 42.5 Å². The number of rotatable bonds is 6. The van der Waals surface area contributed by atoms with E-state index in [9.17, 15) is 0 Å². The van der Waals surface area contributed by atoms with Crippen LogP contribution in [0.1, 0.15) is 31.8 Å². The van der Waals surface area contributed by atoms with E-state index in [-0.39, 0.29) is 35.1 Å². The minimum absolute atomic E-state index is 0.0347. The first-order chi connectivity index (χ1) is 26.6. The Bertz CT molecular complexity index is 2740. The number of fused-ring (bicyclic) bond motifs is 4. The van der Waals surface area contributed by atoms with Crippen molar-refractivity contribution in [2.75, 3.05) is 4.90 Å². The monoisotopic (exact) mass is 644 g/mol. The smallest absolute Gasteiger partial charge is 0.0629 e. The normalized spacial score (nSPS) is 14.2. The molecule has 1 heteroatoms. The highest BCUT2D eigenvalue weighted by molar-refractivity contribution is 5.92. The highest BCUT2D eigenvalue weighted by Gasteiger charge is 2.35. The van der Waals surface area contributed by atoms with Gasteiger partial charge in [0.25, 0.3) is 0 Å². The summed E-state index contributed by atoms with van der Waals surface area (Å²) in [5.41, 5.74) is 13.7. The lowest BCUT2D eigenvalue weighted by molar-refractivity contribution is 0.660. The molecule has 0 saturated heterocycles. The molecule has 8 aromatic carbocycles. The van der Waals surface area contributed by atoms with Gasteiger partial charge >= 0.3 is 0 Å². The third-order valence-corrected chi connectivity index (χ3v) is 10.1. The number of anilines is 3. The van der Waals surface area contributed by atoms with Gasteiger partial charge in [0.1, 0.15) is 0 Å². The summed E-state index contributed by atoms with van der Waals surface area (Å²) in [7, 11) is 0. The van der Waals surface area contributed by atoms with Crippen LogP contribution in [0.25, 0.3) is 55.3 Å². The molecule has 1 nitrogen and oxygen atoms in total. The van der Waals surface area contributed by atoms with E-state index in [0.717, 1.165) is 39.0 Å². The minimum atomic E-state index is -0.395. The Kier molecular flexibility index (Phi) is 6.00. The van der Waals surface area contributed by atoms with Crippen LogP contribution in [-0.4, -0.2) is 0 Å². The molecule has 0 unspecified atom stereocenters. The zero-order chi connectivity index (χ0) is 38.0. The molecule has 0 spiro atoms. The maximum absolute atomic E-state index is 8.44. The molecule has 0 radical (unpaired) electrons. The number of hydrogen-bond acceptors (Lipinski definition) is 1. The van der Waals surface area contributed by atoms with Gasteiger partial charge in [-0.2, -0.15) is 0 Å². The van der Waals surface area contributed by atoms with Gasteiger partial charge in [0.05, 0.1) is 6.85 Å². The van der Waals surface area contributed by atoms with Crippen LogP contribution in [0, 0.1) is 0 Å². The summed E-state index contributed by atoms with van der Waals surface area (Å²) in [6.07, 6.45) is 0.